The zero-order valence-corrected chi connectivity index (χ0v) is 19.2. The minimum atomic E-state index is -0.690. The van der Waals surface area contributed by atoms with Gasteiger partial charge in [-0.2, -0.15) is 5.10 Å². The average molecular weight is 467 g/mol. The third-order valence-corrected chi connectivity index (χ3v) is 6.61. The summed E-state index contributed by atoms with van der Waals surface area (Å²) in [6.45, 7) is 2.03. The third kappa shape index (κ3) is 3.63. The summed E-state index contributed by atoms with van der Waals surface area (Å²) in [4.78, 5) is 0.740. The Labute approximate surface area is 194 Å². The number of aromatic nitrogens is 3. The van der Waals surface area contributed by atoms with Crippen LogP contribution in [0.2, 0.25) is 0 Å². The second-order valence-corrected chi connectivity index (χ2v) is 8.93. The van der Waals surface area contributed by atoms with Crippen molar-refractivity contribution in [2.45, 2.75) is 25.8 Å². The number of hydrogen-bond donors (Lipinski definition) is 1. The highest BCUT2D eigenvalue weighted by Crippen LogP contribution is 2.31. The Morgan fingerprint density at radius 3 is 2.59 bits per heavy atom. The van der Waals surface area contributed by atoms with Crippen molar-refractivity contribution in [3.8, 4) is 16.8 Å². The molecule has 1 aliphatic rings. The smallest absolute Gasteiger partial charge is 0.151 e. The Balaban J connectivity index is 1.65. The van der Waals surface area contributed by atoms with Gasteiger partial charge >= 0.3 is 0 Å². The van der Waals surface area contributed by atoms with E-state index in [1.54, 1.807) is 6.20 Å². The predicted molar refractivity (Wildman–Crippen MR) is 129 cm³/mol. The molecule has 1 aliphatic carbocycles. The second kappa shape index (κ2) is 7.86. The fourth-order valence-corrected chi connectivity index (χ4v) is 4.41. The molecule has 2 aromatic heterocycles. The van der Waals surface area contributed by atoms with E-state index >= 15 is 0 Å². The van der Waals surface area contributed by atoms with Crippen molar-refractivity contribution >= 4 is 40.5 Å². The normalized spacial score (nSPS) is 13.5. The fourth-order valence-electron chi connectivity index (χ4n) is 3.86. The van der Waals surface area contributed by atoms with E-state index in [0.717, 1.165) is 51.5 Å². The Kier molecular flexibility index (Phi) is 5.14. The summed E-state index contributed by atoms with van der Waals surface area (Å²) < 4.78 is 31.7. The minimum absolute atomic E-state index is 0.161. The predicted octanol–water partition coefficient (Wildman–Crippen LogP) is 5.77. The van der Waals surface area contributed by atoms with E-state index in [2.05, 4.69) is 16.5 Å². The van der Waals surface area contributed by atoms with Crippen LogP contribution in [-0.4, -0.2) is 25.4 Å². The van der Waals surface area contributed by atoms with Gasteiger partial charge in [0, 0.05) is 35.7 Å². The Morgan fingerprint density at radius 2 is 1.88 bits per heavy atom. The van der Waals surface area contributed by atoms with Crippen molar-refractivity contribution in [3.63, 3.8) is 0 Å². The highest BCUT2D eigenvalue weighted by atomic mass is 32.1. The Hall–Kier alpha value is -2.97. The van der Waals surface area contributed by atoms with Crippen LogP contribution in [0.15, 0.2) is 48.7 Å². The number of halogens is 2. The summed E-state index contributed by atoms with van der Waals surface area (Å²) in [5.74, 6) is -1.33. The van der Waals surface area contributed by atoms with Gasteiger partial charge in [-0.1, -0.05) is 36.6 Å². The molecule has 0 saturated heterocycles. The van der Waals surface area contributed by atoms with Crippen LogP contribution >= 0.6 is 24.4 Å². The van der Waals surface area contributed by atoms with Gasteiger partial charge in [0.15, 0.2) is 5.82 Å². The first-order valence-corrected chi connectivity index (χ1v) is 11.1. The largest absolute Gasteiger partial charge is 0.373 e. The van der Waals surface area contributed by atoms with Crippen molar-refractivity contribution in [2.75, 3.05) is 0 Å². The molecular weight excluding hydrogens is 446 g/mol. The molecule has 4 nitrogen and oxygen atoms in total. The van der Waals surface area contributed by atoms with Crippen molar-refractivity contribution < 1.29 is 8.78 Å². The first-order chi connectivity index (χ1) is 15.3. The number of aryl methyl sites for hydroxylation is 2. The van der Waals surface area contributed by atoms with E-state index in [0.29, 0.717) is 16.3 Å². The highest BCUT2D eigenvalue weighted by Gasteiger charge is 2.22. The quantitative estimate of drug-likeness (QED) is 0.387. The molecule has 162 valence electrons. The van der Waals surface area contributed by atoms with E-state index in [4.69, 9.17) is 24.4 Å². The standard InChI is InChI=1S/C24H20F2N4S2/c1-13-3-4-14(22(31)28-17-6-7-17)9-18(13)19-10-15-12-27-30(23(15)29(2)24(19)32)21-8-5-16(25)11-20(21)26/h3-5,8-12,17H,6-7H2,1-2H3,(H,28,31). The maximum absolute atomic E-state index is 14.4. The molecule has 4 aromatic rings. The van der Waals surface area contributed by atoms with Crippen LogP contribution in [0.25, 0.3) is 27.8 Å². The molecule has 1 N–H and O–H groups in total. The van der Waals surface area contributed by atoms with Gasteiger partial charge < -0.3 is 9.88 Å². The number of thiocarbonyl (C=S) groups is 1. The molecule has 0 spiro atoms. The molecular formula is C24H20F2N4S2. The lowest BCUT2D eigenvalue weighted by Crippen LogP contribution is -2.24. The summed E-state index contributed by atoms with van der Waals surface area (Å²) in [6.07, 6.45) is 3.97. The van der Waals surface area contributed by atoms with Gasteiger partial charge in [-0.15, -0.1) is 0 Å². The number of nitrogens with one attached hydrogen (secondary N) is 1. The van der Waals surface area contributed by atoms with Gasteiger partial charge in [-0.05, 0) is 55.2 Å². The van der Waals surface area contributed by atoms with E-state index in [1.807, 2.05) is 36.7 Å². The number of rotatable bonds is 4. The molecule has 0 unspecified atom stereocenters. The average Bonchev–Trinajstić information content (AvgIpc) is 3.47. The molecule has 1 saturated carbocycles. The van der Waals surface area contributed by atoms with Crippen LogP contribution in [0, 0.1) is 23.2 Å². The van der Waals surface area contributed by atoms with E-state index in [1.165, 1.54) is 16.8 Å². The fraction of sp³-hybridized carbons (Fsp3) is 0.208. The molecule has 8 heteroatoms. The number of nitrogens with zero attached hydrogens (tertiary/aromatic N) is 3. The summed E-state index contributed by atoms with van der Waals surface area (Å²) in [5, 5.41) is 8.53. The first kappa shape index (κ1) is 20.9. The third-order valence-electron chi connectivity index (χ3n) is 5.76. The van der Waals surface area contributed by atoms with Crippen molar-refractivity contribution in [1.29, 1.82) is 0 Å². The number of fused-ring (bicyclic) bond motifs is 1. The number of pyridine rings is 1. The van der Waals surface area contributed by atoms with Crippen molar-refractivity contribution in [3.05, 3.63) is 76.1 Å². The highest BCUT2D eigenvalue weighted by molar-refractivity contribution is 7.80. The van der Waals surface area contributed by atoms with E-state index < -0.39 is 11.6 Å². The number of hydrogen-bond acceptors (Lipinski definition) is 3. The summed E-state index contributed by atoms with van der Waals surface area (Å²) in [7, 11) is 1.83. The topological polar surface area (TPSA) is 34.8 Å². The molecule has 0 amide bonds. The molecule has 2 aromatic carbocycles. The van der Waals surface area contributed by atoms with Crippen LogP contribution < -0.4 is 5.32 Å². The molecule has 0 atom stereocenters. The molecule has 1 fully saturated rings. The van der Waals surface area contributed by atoms with Gasteiger partial charge in [-0.25, -0.2) is 13.5 Å². The lowest BCUT2D eigenvalue weighted by Gasteiger charge is -2.15. The summed E-state index contributed by atoms with van der Waals surface area (Å²) in [6, 6.07) is 12.0. The van der Waals surface area contributed by atoms with Crippen molar-refractivity contribution in [1.82, 2.24) is 19.7 Å². The van der Waals surface area contributed by atoms with Crippen LogP contribution in [0.4, 0.5) is 8.78 Å². The van der Waals surface area contributed by atoms with Crippen molar-refractivity contribution in [2.24, 2.45) is 7.05 Å². The summed E-state index contributed by atoms with van der Waals surface area (Å²) in [5.41, 5.74) is 4.69. The van der Waals surface area contributed by atoms with Crippen LogP contribution in [0.3, 0.4) is 0 Å². The lowest BCUT2D eigenvalue weighted by molar-refractivity contribution is 0.574. The molecule has 32 heavy (non-hydrogen) atoms. The Morgan fingerprint density at radius 1 is 1.09 bits per heavy atom. The molecule has 5 rings (SSSR count). The Bertz CT molecular complexity index is 1450. The molecule has 0 bridgehead atoms. The van der Waals surface area contributed by atoms with E-state index in [-0.39, 0.29) is 5.69 Å². The van der Waals surface area contributed by atoms with Gasteiger partial charge in [0.1, 0.15) is 26.8 Å². The molecule has 0 aliphatic heterocycles. The van der Waals surface area contributed by atoms with Crippen LogP contribution in [0.1, 0.15) is 24.0 Å². The zero-order valence-electron chi connectivity index (χ0n) is 17.5. The minimum Gasteiger partial charge on any atom is -0.373 e. The SMILES string of the molecule is Cc1ccc(C(=S)NC2CC2)cc1-c1cc2cnn(-c3ccc(F)cc3F)c2n(C)c1=S. The monoisotopic (exact) mass is 466 g/mol. The maximum Gasteiger partial charge on any atom is 0.151 e. The number of benzene rings is 2. The van der Waals surface area contributed by atoms with E-state index in [9.17, 15) is 8.78 Å². The van der Waals surface area contributed by atoms with Crippen LogP contribution in [-0.2, 0) is 7.05 Å². The molecule has 0 radical (unpaired) electrons. The van der Waals surface area contributed by atoms with Crippen LogP contribution in [0.5, 0.6) is 0 Å². The lowest BCUT2D eigenvalue weighted by atomic mass is 9.98. The van der Waals surface area contributed by atoms with Gasteiger partial charge in [0.2, 0.25) is 0 Å². The summed E-state index contributed by atoms with van der Waals surface area (Å²) >= 11 is 11.4. The zero-order chi connectivity index (χ0) is 22.6. The molecule has 2 heterocycles. The van der Waals surface area contributed by atoms with Gasteiger partial charge in [0.25, 0.3) is 0 Å². The second-order valence-electron chi connectivity index (χ2n) is 8.13. The first-order valence-electron chi connectivity index (χ1n) is 10.3. The van der Waals surface area contributed by atoms with Gasteiger partial charge in [-0.3, -0.25) is 0 Å². The van der Waals surface area contributed by atoms with Gasteiger partial charge in [0.05, 0.1) is 6.20 Å². The maximum atomic E-state index is 14.4.